The highest BCUT2D eigenvalue weighted by Gasteiger charge is 2.34. The van der Waals surface area contributed by atoms with Gasteiger partial charge in [0, 0.05) is 45.8 Å². The maximum atomic E-state index is 14.2. The molecule has 1 aromatic heterocycles. The summed E-state index contributed by atoms with van der Waals surface area (Å²) < 4.78 is 14.2. The van der Waals surface area contributed by atoms with Crippen molar-refractivity contribution in [3.8, 4) is 0 Å². The lowest BCUT2D eigenvalue weighted by molar-refractivity contribution is 0.227. The molecule has 26 heavy (non-hydrogen) atoms. The van der Waals surface area contributed by atoms with Crippen molar-refractivity contribution in [3.05, 3.63) is 12.3 Å². The van der Waals surface area contributed by atoms with Crippen molar-refractivity contribution in [2.24, 2.45) is 5.92 Å². The van der Waals surface area contributed by atoms with Crippen LogP contribution in [-0.2, 0) is 0 Å². The van der Waals surface area contributed by atoms with Gasteiger partial charge in [-0.15, -0.1) is 12.4 Å². The van der Waals surface area contributed by atoms with E-state index in [1.165, 1.54) is 12.8 Å². The van der Waals surface area contributed by atoms with Crippen LogP contribution in [0.4, 0.5) is 16.2 Å². The number of piperidine rings is 1. The number of hydrogen-bond acceptors (Lipinski definition) is 6. The van der Waals surface area contributed by atoms with Crippen molar-refractivity contribution in [2.75, 3.05) is 63.7 Å². The van der Waals surface area contributed by atoms with Crippen LogP contribution in [0.5, 0.6) is 0 Å². The van der Waals surface area contributed by atoms with Crippen LogP contribution >= 0.6 is 12.4 Å². The van der Waals surface area contributed by atoms with E-state index in [1.54, 1.807) is 6.20 Å². The fourth-order valence-corrected chi connectivity index (χ4v) is 3.97. The summed E-state index contributed by atoms with van der Waals surface area (Å²) in [7, 11) is 6.01. The van der Waals surface area contributed by atoms with Crippen LogP contribution in [0.25, 0.3) is 0 Å². The molecule has 0 amide bonds. The minimum absolute atomic E-state index is 0. The van der Waals surface area contributed by atoms with Gasteiger partial charge in [-0.3, -0.25) is 0 Å². The smallest absolute Gasteiger partial charge is 0.226 e. The molecule has 2 aliphatic rings. The van der Waals surface area contributed by atoms with Gasteiger partial charge in [0.15, 0.2) is 0 Å². The Labute approximate surface area is 162 Å². The fraction of sp³-hybridized carbons (Fsp3) is 0.778. The van der Waals surface area contributed by atoms with Gasteiger partial charge in [-0.05, 0) is 45.0 Å². The summed E-state index contributed by atoms with van der Waals surface area (Å²) in [6.45, 7) is 4.64. The quantitative estimate of drug-likeness (QED) is 0.804. The highest BCUT2D eigenvalue weighted by Crippen LogP contribution is 2.27. The third-order valence-electron chi connectivity index (χ3n) is 5.24. The first-order valence-electron chi connectivity index (χ1n) is 9.33. The number of likely N-dealkylation sites (N-methyl/N-ethyl adjacent to an activating group) is 1. The molecule has 3 heterocycles. The molecular weight excluding hydrogens is 355 g/mol. The second-order valence-electron chi connectivity index (χ2n) is 7.66. The third-order valence-corrected chi connectivity index (χ3v) is 5.24. The average Bonchev–Trinajstić information content (AvgIpc) is 2.96. The van der Waals surface area contributed by atoms with Gasteiger partial charge < -0.3 is 20.0 Å². The van der Waals surface area contributed by atoms with Crippen LogP contribution < -0.4 is 15.1 Å². The molecule has 0 spiro atoms. The lowest BCUT2D eigenvalue weighted by atomic mass is 9.97. The molecule has 3 rings (SSSR count). The number of nitrogens with zero attached hydrogens (tertiary/aromatic N) is 5. The SMILES string of the molecule is CN(CC1CCNCC1)C[C@@H]1C[C@H](F)CN1c1ccnc(N(C)C)n1.Cl. The first kappa shape index (κ1) is 21.1. The Kier molecular flexibility index (Phi) is 7.85. The summed E-state index contributed by atoms with van der Waals surface area (Å²) in [5.41, 5.74) is 0. The van der Waals surface area contributed by atoms with Gasteiger partial charge in [-0.2, -0.15) is 4.98 Å². The summed E-state index contributed by atoms with van der Waals surface area (Å²) in [4.78, 5) is 15.3. The van der Waals surface area contributed by atoms with Gasteiger partial charge in [-0.1, -0.05) is 0 Å². The first-order valence-corrected chi connectivity index (χ1v) is 9.33. The monoisotopic (exact) mass is 386 g/mol. The van der Waals surface area contributed by atoms with Crippen molar-refractivity contribution in [1.82, 2.24) is 20.2 Å². The van der Waals surface area contributed by atoms with Crippen LogP contribution in [0, 0.1) is 5.92 Å². The Bertz CT molecular complexity index is 554. The highest BCUT2D eigenvalue weighted by atomic mass is 35.5. The zero-order valence-electron chi connectivity index (χ0n) is 16.1. The highest BCUT2D eigenvalue weighted by molar-refractivity contribution is 5.85. The Morgan fingerprint density at radius 3 is 2.65 bits per heavy atom. The maximum Gasteiger partial charge on any atom is 0.226 e. The Hall–Kier alpha value is -1.18. The standard InChI is InChI=1S/C18H31FN6.ClH/c1-23(2)18-21-9-6-17(22-18)25-12-15(19)10-16(25)13-24(3)11-14-4-7-20-8-5-14;/h6,9,14-16,20H,4-5,7-8,10-13H2,1-3H3;1H/t15-,16-;/m0./s1. The van der Waals surface area contributed by atoms with E-state index in [9.17, 15) is 4.39 Å². The number of hydrogen-bond donors (Lipinski definition) is 1. The van der Waals surface area contributed by atoms with Crippen LogP contribution in [-0.4, -0.2) is 80.9 Å². The number of rotatable bonds is 6. The predicted molar refractivity (Wildman–Crippen MR) is 107 cm³/mol. The van der Waals surface area contributed by atoms with Crippen molar-refractivity contribution >= 4 is 24.2 Å². The molecule has 0 radical (unpaired) electrons. The molecular formula is C18H32ClFN6. The molecule has 148 valence electrons. The number of anilines is 2. The van der Waals surface area contributed by atoms with Gasteiger partial charge in [0.25, 0.3) is 0 Å². The lowest BCUT2D eigenvalue weighted by Gasteiger charge is -2.32. The van der Waals surface area contributed by atoms with Crippen LogP contribution in [0.15, 0.2) is 12.3 Å². The predicted octanol–water partition coefficient (Wildman–Crippen LogP) is 1.81. The van der Waals surface area contributed by atoms with Gasteiger partial charge in [-0.25, -0.2) is 9.37 Å². The van der Waals surface area contributed by atoms with E-state index in [4.69, 9.17) is 0 Å². The molecule has 1 aromatic rings. The molecule has 0 unspecified atom stereocenters. The van der Waals surface area contributed by atoms with Gasteiger partial charge in [0.05, 0.1) is 6.54 Å². The Balaban J connectivity index is 0.00000243. The second-order valence-corrected chi connectivity index (χ2v) is 7.66. The number of nitrogens with one attached hydrogen (secondary N) is 1. The zero-order valence-corrected chi connectivity index (χ0v) is 16.9. The molecule has 0 aromatic carbocycles. The second kappa shape index (κ2) is 9.67. The number of aromatic nitrogens is 2. The van der Waals surface area contributed by atoms with Crippen molar-refractivity contribution < 1.29 is 4.39 Å². The molecule has 8 heteroatoms. The van der Waals surface area contributed by atoms with E-state index in [-0.39, 0.29) is 18.4 Å². The topological polar surface area (TPSA) is 47.5 Å². The molecule has 2 fully saturated rings. The molecule has 2 saturated heterocycles. The largest absolute Gasteiger partial charge is 0.349 e. The van der Waals surface area contributed by atoms with Gasteiger partial charge in [0.1, 0.15) is 12.0 Å². The number of halogens is 2. The minimum atomic E-state index is -0.782. The fourth-order valence-electron chi connectivity index (χ4n) is 3.97. The van der Waals surface area contributed by atoms with E-state index < -0.39 is 6.17 Å². The molecule has 2 atom stereocenters. The maximum absolute atomic E-state index is 14.2. The third kappa shape index (κ3) is 5.41. The molecule has 0 saturated carbocycles. The summed E-state index contributed by atoms with van der Waals surface area (Å²) in [5, 5.41) is 3.42. The molecule has 2 aliphatic heterocycles. The van der Waals surface area contributed by atoms with Crippen molar-refractivity contribution in [2.45, 2.75) is 31.5 Å². The summed E-state index contributed by atoms with van der Waals surface area (Å²) >= 11 is 0. The molecule has 1 N–H and O–H groups in total. The van der Waals surface area contributed by atoms with E-state index >= 15 is 0 Å². The van der Waals surface area contributed by atoms with Crippen molar-refractivity contribution in [1.29, 1.82) is 0 Å². The van der Waals surface area contributed by atoms with Crippen LogP contribution in [0.3, 0.4) is 0 Å². The van der Waals surface area contributed by atoms with Gasteiger partial charge in [0.2, 0.25) is 5.95 Å². The van der Waals surface area contributed by atoms with E-state index in [0.717, 1.165) is 37.9 Å². The zero-order chi connectivity index (χ0) is 17.8. The van der Waals surface area contributed by atoms with E-state index in [0.29, 0.717) is 18.9 Å². The van der Waals surface area contributed by atoms with Crippen LogP contribution in [0.2, 0.25) is 0 Å². The first-order chi connectivity index (χ1) is 12.0. The molecule has 0 aliphatic carbocycles. The number of alkyl halides is 1. The van der Waals surface area contributed by atoms with Crippen LogP contribution in [0.1, 0.15) is 19.3 Å². The van der Waals surface area contributed by atoms with Crippen molar-refractivity contribution in [3.63, 3.8) is 0 Å². The summed E-state index contributed by atoms with van der Waals surface area (Å²) in [6, 6.07) is 2.07. The lowest BCUT2D eigenvalue weighted by Crippen LogP contribution is -2.42. The normalized spacial score (nSPS) is 24.0. The molecule has 0 bridgehead atoms. The van der Waals surface area contributed by atoms with E-state index in [2.05, 4.69) is 32.1 Å². The van der Waals surface area contributed by atoms with Gasteiger partial charge >= 0.3 is 0 Å². The Morgan fingerprint density at radius 2 is 1.96 bits per heavy atom. The Morgan fingerprint density at radius 1 is 1.23 bits per heavy atom. The van der Waals surface area contributed by atoms with E-state index in [1.807, 2.05) is 25.1 Å². The molecule has 6 nitrogen and oxygen atoms in total. The average molecular weight is 387 g/mol. The minimum Gasteiger partial charge on any atom is -0.349 e. The summed E-state index contributed by atoms with van der Waals surface area (Å²) in [6.07, 6.45) is 4.04. The summed E-state index contributed by atoms with van der Waals surface area (Å²) in [5.74, 6) is 2.25.